The Hall–Kier alpha value is -1.10. The summed E-state index contributed by atoms with van der Waals surface area (Å²) in [5, 5.41) is 9.44. The van der Waals surface area contributed by atoms with E-state index in [0.717, 1.165) is 12.8 Å². The molecular weight excluding hydrogens is 246 g/mol. The zero-order valence-electron chi connectivity index (χ0n) is 11.7. The number of hydrogen-bond donors (Lipinski definition) is 1. The molecule has 0 aromatic heterocycles. The highest BCUT2D eigenvalue weighted by Crippen LogP contribution is 2.37. The lowest BCUT2D eigenvalue weighted by Gasteiger charge is -2.25. The average Bonchev–Trinajstić information content (AvgIpc) is 2.96. The van der Waals surface area contributed by atoms with Crippen LogP contribution in [0.1, 0.15) is 39.5 Å². The number of aliphatic carboxylic acids is 1. The summed E-state index contributed by atoms with van der Waals surface area (Å²) in [6.45, 7) is 5.36. The summed E-state index contributed by atoms with van der Waals surface area (Å²) in [5.74, 6) is -0.773. The molecule has 0 spiro atoms. The minimum atomic E-state index is -0.763. The second-order valence-corrected chi connectivity index (χ2v) is 5.92. The first-order chi connectivity index (χ1) is 8.98. The number of likely N-dealkylation sites (tertiary alicyclic amines) is 1. The van der Waals surface area contributed by atoms with Crippen LogP contribution in [0.5, 0.6) is 0 Å². The van der Waals surface area contributed by atoms with Crippen molar-refractivity contribution >= 4 is 11.9 Å². The molecule has 0 aliphatic carbocycles. The molecule has 5 heteroatoms. The van der Waals surface area contributed by atoms with Gasteiger partial charge in [-0.1, -0.05) is 13.3 Å². The molecule has 2 aliphatic rings. The van der Waals surface area contributed by atoms with Gasteiger partial charge in [0, 0.05) is 13.1 Å². The molecule has 108 valence electrons. The normalized spacial score (nSPS) is 34.7. The van der Waals surface area contributed by atoms with Gasteiger partial charge < -0.3 is 14.7 Å². The fraction of sp³-hybridized carbons (Fsp3) is 0.857. The first-order valence-corrected chi connectivity index (χ1v) is 7.12. The largest absolute Gasteiger partial charge is 0.481 e. The van der Waals surface area contributed by atoms with E-state index in [0.29, 0.717) is 32.5 Å². The summed E-state index contributed by atoms with van der Waals surface area (Å²) in [5.41, 5.74) is -0.727. The lowest BCUT2D eigenvalue weighted by molar-refractivity contribution is -0.149. The fourth-order valence-electron chi connectivity index (χ4n) is 3.27. The van der Waals surface area contributed by atoms with Crippen LogP contribution in [0.4, 0.5) is 0 Å². The average molecular weight is 269 g/mol. The number of carboxylic acid groups (broad SMARTS) is 1. The number of carbonyl (C=O) groups excluding carboxylic acids is 1. The van der Waals surface area contributed by atoms with E-state index in [1.807, 2.05) is 13.8 Å². The smallest absolute Gasteiger partial charge is 0.311 e. The summed E-state index contributed by atoms with van der Waals surface area (Å²) in [4.78, 5) is 25.6. The molecule has 5 nitrogen and oxygen atoms in total. The van der Waals surface area contributed by atoms with Gasteiger partial charge in [0.15, 0.2) is 0 Å². The second-order valence-electron chi connectivity index (χ2n) is 5.92. The van der Waals surface area contributed by atoms with Crippen molar-refractivity contribution in [2.24, 2.45) is 11.3 Å². The van der Waals surface area contributed by atoms with Crippen LogP contribution in [0.2, 0.25) is 0 Å². The summed E-state index contributed by atoms with van der Waals surface area (Å²) in [6, 6.07) is 0. The van der Waals surface area contributed by atoms with E-state index >= 15 is 0 Å². The maximum absolute atomic E-state index is 12.4. The molecule has 2 heterocycles. The predicted octanol–water partition coefficient (Wildman–Crippen LogP) is 1.51. The molecule has 19 heavy (non-hydrogen) atoms. The van der Waals surface area contributed by atoms with Gasteiger partial charge in [0.1, 0.15) is 0 Å². The molecule has 2 saturated heterocycles. The van der Waals surface area contributed by atoms with Gasteiger partial charge >= 0.3 is 5.97 Å². The van der Waals surface area contributed by atoms with Crippen molar-refractivity contribution in [2.45, 2.75) is 45.6 Å². The lowest BCUT2D eigenvalue weighted by atomic mass is 9.83. The van der Waals surface area contributed by atoms with Gasteiger partial charge in [0.05, 0.1) is 24.0 Å². The van der Waals surface area contributed by atoms with Gasteiger partial charge in [-0.3, -0.25) is 9.59 Å². The molecule has 1 N–H and O–H groups in total. The highest BCUT2D eigenvalue weighted by atomic mass is 16.5. The van der Waals surface area contributed by atoms with Crippen molar-refractivity contribution in [3.05, 3.63) is 0 Å². The Balaban J connectivity index is 2.00. The van der Waals surface area contributed by atoms with E-state index in [9.17, 15) is 14.7 Å². The molecule has 0 saturated carbocycles. The topological polar surface area (TPSA) is 66.8 Å². The monoisotopic (exact) mass is 269 g/mol. The molecule has 0 radical (unpaired) electrons. The highest BCUT2D eigenvalue weighted by molar-refractivity contribution is 5.82. The third kappa shape index (κ3) is 2.76. The molecule has 3 unspecified atom stereocenters. The standard InChI is InChI=1S/C14H23NO4/c1-3-4-14(13(17)18)5-6-15(9-14)12(16)11-7-10(2)19-8-11/h10-11H,3-9H2,1-2H3,(H,17,18). The second kappa shape index (κ2) is 5.49. The number of carbonyl (C=O) groups is 2. The van der Waals surface area contributed by atoms with Crippen LogP contribution in [0.15, 0.2) is 0 Å². The number of rotatable bonds is 4. The van der Waals surface area contributed by atoms with Gasteiger partial charge in [-0.15, -0.1) is 0 Å². The molecular formula is C14H23NO4. The number of carboxylic acids is 1. The Morgan fingerprint density at radius 2 is 2.21 bits per heavy atom. The first kappa shape index (κ1) is 14.3. The van der Waals surface area contributed by atoms with E-state index in [1.165, 1.54) is 0 Å². The van der Waals surface area contributed by atoms with Crippen molar-refractivity contribution in [2.75, 3.05) is 19.7 Å². The zero-order chi connectivity index (χ0) is 14.0. The molecule has 2 fully saturated rings. The van der Waals surface area contributed by atoms with Crippen LogP contribution in [-0.4, -0.2) is 47.7 Å². The first-order valence-electron chi connectivity index (χ1n) is 7.12. The summed E-state index contributed by atoms with van der Waals surface area (Å²) < 4.78 is 5.43. The van der Waals surface area contributed by atoms with Crippen molar-refractivity contribution in [1.29, 1.82) is 0 Å². The van der Waals surface area contributed by atoms with Gasteiger partial charge in [-0.05, 0) is 26.2 Å². The SMILES string of the molecule is CCCC1(C(=O)O)CCN(C(=O)C2COC(C)C2)C1. The predicted molar refractivity (Wildman–Crippen MR) is 69.7 cm³/mol. The van der Waals surface area contributed by atoms with Gasteiger partial charge in [0.25, 0.3) is 0 Å². The molecule has 0 bridgehead atoms. The van der Waals surface area contributed by atoms with E-state index in [-0.39, 0.29) is 17.9 Å². The number of ether oxygens (including phenoxy) is 1. The van der Waals surface area contributed by atoms with Crippen molar-refractivity contribution in [3.63, 3.8) is 0 Å². The van der Waals surface area contributed by atoms with E-state index < -0.39 is 11.4 Å². The fourth-order valence-corrected chi connectivity index (χ4v) is 3.27. The third-order valence-corrected chi connectivity index (χ3v) is 4.40. The van der Waals surface area contributed by atoms with Crippen LogP contribution in [0, 0.1) is 11.3 Å². The summed E-state index contributed by atoms with van der Waals surface area (Å²) in [7, 11) is 0. The Labute approximate surface area is 113 Å². The van der Waals surface area contributed by atoms with Crippen molar-refractivity contribution < 1.29 is 19.4 Å². The Morgan fingerprint density at radius 3 is 2.74 bits per heavy atom. The van der Waals surface area contributed by atoms with E-state index in [4.69, 9.17) is 4.74 Å². The molecule has 3 atom stereocenters. The highest BCUT2D eigenvalue weighted by Gasteiger charge is 2.46. The minimum Gasteiger partial charge on any atom is -0.481 e. The van der Waals surface area contributed by atoms with E-state index in [2.05, 4.69) is 0 Å². The maximum Gasteiger partial charge on any atom is 0.311 e. The van der Waals surface area contributed by atoms with Crippen LogP contribution >= 0.6 is 0 Å². The lowest BCUT2D eigenvalue weighted by Crippen LogP contribution is -2.39. The third-order valence-electron chi connectivity index (χ3n) is 4.40. The molecule has 0 aromatic carbocycles. The zero-order valence-corrected chi connectivity index (χ0v) is 11.7. The Kier molecular flexibility index (Phi) is 4.13. The summed E-state index contributed by atoms with van der Waals surface area (Å²) >= 11 is 0. The Bertz CT molecular complexity index is 370. The Morgan fingerprint density at radius 1 is 1.47 bits per heavy atom. The van der Waals surface area contributed by atoms with Crippen LogP contribution < -0.4 is 0 Å². The van der Waals surface area contributed by atoms with Crippen molar-refractivity contribution in [3.8, 4) is 0 Å². The van der Waals surface area contributed by atoms with Crippen LogP contribution in [-0.2, 0) is 14.3 Å². The van der Waals surface area contributed by atoms with Gasteiger partial charge in [-0.2, -0.15) is 0 Å². The molecule has 2 rings (SSSR count). The molecule has 1 amide bonds. The van der Waals surface area contributed by atoms with Gasteiger partial charge in [0.2, 0.25) is 5.91 Å². The van der Waals surface area contributed by atoms with Crippen molar-refractivity contribution in [1.82, 2.24) is 4.90 Å². The quantitative estimate of drug-likeness (QED) is 0.840. The number of nitrogens with zero attached hydrogens (tertiary/aromatic N) is 1. The number of amides is 1. The van der Waals surface area contributed by atoms with Crippen LogP contribution in [0.3, 0.4) is 0 Å². The van der Waals surface area contributed by atoms with E-state index in [1.54, 1.807) is 4.90 Å². The number of hydrogen-bond acceptors (Lipinski definition) is 3. The maximum atomic E-state index is 12.4. The van der Waals surface area contributed by atoms with Crippen LogP contribution in [0.25, 0.3) is 0 Å². The molecule has 0 aromatic rings. The van der Waals surface area contributed by atoms with Gasteiger partial charge in [-0.25, -0.2) is 0 Å². The summed E-state index contributed by atoms with van der Waals surface area (Å²) in [6.07, 6.45) is 2.94. The minimum absolute atomic E-state index is 0.0728. The molecule has 2 aliphatic heterocycles.